The van der Waals surface area contributed by atoms with Gasteiger partial charge in [0.2, 0.25) is 0 Å². The van der Waals surface area contributed by atoms with Crippen molar-refractivity contribution in [2.24, 2.45) is 0 Å². The van der Waals surface area contributed by atoms with Crippen molar-refractivity contribution < 1.29 is 13.6 Å². The van der Waals surface area contributed by atoms with E-state index in [4.69, 9.17) is 0 Å². The maximum absolute atomic E-state index is 14.5. The van der Waals surface area contributed by atoms with Gasteiger partial charge in [0.15, 0.2) is 0 Å². The van der Waals surface area contributed by atoms with Gasteiger partial charge in [-0.05, 0) is 67.6 Å². The molecule has 0 bridgehead atoms. The lowest BCUT2D eigenvalue weighted by Crippen LogP contribution is -2.52. The zero-order valence-corrected chi connectivity index (χ0v) is 18.0. The van der Waals surface area contributed by atoms with Gasteiger partial charge in [0.25, 0.3) is 5.91 Å². The van der Waals surface area contributed by atoms with Crippen molar-refractivity contribution in [3.05, 3.63) is 64.7 Å². The van der Waals surface area contributed by atoms with E-state index in [1.807, 2.05) is 12.1 Å². The molecule has 2 aromatic rings. The maximum atomic E-state index is 14.5. The Labute approximate surface area is 177 Å². The lowest BCUT2D eigenvalue weighted by Gasteiger charge is -2.42. The number of benzene rings is 2. The van der Waals surface area contributed by atoms with Crippen molar-refractivity contribution in [2.75, 3.05) is 18.0 Å². The third-order valence-electron chi connectivity index (χ3n) is 6.89. The zero-order chi connectivity index (χ0) is 21.5. The standard InChI is InChI=1S/C25H30F2N2O/c1-4-6-22-25(11-13-28-14-12-25)18-15-17(16(2)3)9-10-21(18)29(22)24(30)23-19(26)7-5-8-20(23)27/h5,7-10,15-16,22,28H,4,6,11-14H2,1-3H3/t22-/m1/s1. The molecule has 3 nitrogen and oxygen atoms in total. The molecule has 0 radical (unpaired) electrons. The number of amides is 1. The van der Waals surface area contributed by atoms with E-state index in [0.29, 0.717) is 5.92 Å². The number of hydrogen-bond acceptors (Lipinski definition) is 2. The van der Waals surface area contributed by atoms with Crippen LogP contribution in [0, 0.1) is 11.6 Å². The Kier molecular flexibility index (Phi) is 5.67. The average Bonchev–Trinajstić information content (AvgIpc) is 2.97. The van der Waals surface area contributed by atoms with Gasteiger partial charge in [-0.3, -0.25) is 4.79 Å². The van der Waals surface area contributed by atoms with Crippen molar-refractivity contribution in [3.8, 4) is 0 Å². The molecule has 30 heavy (non-hydrogen) atoms. The van der Waals surface area contributed by atoms with Crippen LogP contribution in [0.15, 0.2) is 36.4 Å². The second kappa shape index (κ2) is 8.10. The van der Waals surface area contributed by atoms with E-state index < -0.39 is 23.1 Å². The molecule has 2 heterocycles. The Hall–Kier alpha value is -2.27. The summed E-state index contributed by atoms with van der Waals surface area (Å²) in [6, 6.07) is 9.78. The first-order valence-corrected chi connectivity index (χ1v) is 11.0. The fourth-order valence-corrected chi connectivity index (χ4v) is 5.34. The first-order chi connectivity index (χ1) is 14.4. The van der Waals surface area contributed by atoms with Crippen LogP contribution in [-0.2, 0) is 5.41 Å². The topological polar surface area (TPSA) is 32.3 Å². The molecule has 5 heteroatoms. The molecule has 1 saturated heterocycles. The minimum atomic E-state index is -0.804. The van der Waals surface area contributed by atoms with Crippen molar-refractivity contribution in [3.63, 3.8) is 0 Å². The van der Waals surface area contributed by atoms with Crippen LogP contribution >= 0.6 is 0 Å². The summed E-state index contributed by atoms with van der Waals surface area (Å²) in [6.45, 7) is 8.17. The molecule has 0 aliphatic carbocycles. The molecule has 0 unspecified atom stereocenters. The van der Waals surface area contributed by atoms with Gasteiger partial charge < -0.3 is 10.2 Å². The highest BCUT2D eigenvalue weighted by atomic mass is 19.1. The zero-order valence-electron chi connectivity index (χ0n) is 18.0. The average molecular weight is 413 g/mol. The number of carbonyl (C=O) groups is 1. The first-order valence-electron chi connectivity index (χ1n) is 11.0. The van der Waals surface area contributed by atoms with Crippen LogP contribution in [0.2, 0.25) is 0 Å². The second-order valence-electron chi connectivity index (χ2n) is 8.91. The number of halogens is 2. The fraction of sp³-hybridized carbons (Fsp3) is 0.480. The van der Waals surface area contributed by atoms with E-state index in [0.717, 1.165) is 56.6 Å². The van der Waals surface area contributed by atoms with Gasteiger partial charge in [-0.25, -0.2) is 8.78 Å². The summed E-state index contributed by atoms with van der Waals surface area (Å²) in [5.41, 5.74) is 2.57. The van der Waals surface area contributed by atoms with Crippen molar-refractivity contribution in [2.45, 2.75) is 63.8 Å². The highest BCUT2D eigenvalue weighted by Crippen LogP contribution is 2.53. The van der Waals surface area contributed by atoms with E-state index in [2.05, 4.69) is 32.2 Å². The van der Waals surface area contributed by atoms with Crippen LogP contribution in [0.5, 0.6) is 0 Å². The Morgan fingerprint density at radius 1 is 1.17 bits per heavy atom. The highest BCUT2D eigenvalue weighted by molar-refractivity contribution is 6.08. The predicted octanol–water partition coefficient (Wildman–Crippen LogP) is 5.54. The molecular formula is C25H30F2N2O. The number of rotatable bonds is 4. The molecule has 0 aromatic heterocycles. The fourth-order valence-electron chi connectivity index (χ4n) is 5.34. The van der Waals surface area contributed by atoms with Crippen LogP contribution in [-0.4, -0.2) is 25.0 Å². The summed E-state index contributed by atoms with van der Waals surface area (Å²) in [7, 11) is 0. The van der Waals surface area contributed by atoms with E-state index >= 15 is 0 Å². The number of fused-ring (bicyclic) bond motifs is 2. The summed E-state index contributed by atoms with van der Waals surface area (Å²) in [5.74, 6) is -1.81. The third kappa shape index (κ3) is 3.24. The van der Waals surface area contributed by atoms with Gasteiger partial charge in [-0.1, -0.05) is 45.4 Å². The van der Waals surface area contributed by atoms with Gasteiger partial charge in [-0.2, -0.15) is 0 Å². The lowest BCUT2D eigenvalue weighted by atomic mass is 9.68. The number of hydrogen-bond donors (Lipinski definition) is 1. The quantitative estimate of drug-likeness (QED) is 0.715. The summed E-state index contributed by atoms with van der Waals surface area (Å²) in [5, 5.41) is 3.44. The molecule has 2 aromatic carbocycles. The molecule has 4 rings (SSSR count). The van der Waals surface area contributed by atoms with Crippen molar-refractivity contribution >= 4 is 11.6 Å². The molecule has 2 aliphatic rings. The highest BCUT2D eigenvalue weighted by Gasteiger charge is 2.53. The lowest BCUT2D eigenvalue weighted by molar-refractivity contribution is 0.0953. The minimum Gasteiger partial charge on any atom is -0.317 e. The van der Waals surface area contributed by atoms with Crippen LogP contribution in [0.25, 0.3) is 0 Å². The van der Waals surface area contributed by atoms with Crippen molar-refractivity contribution in [1.82, 2.24) is 5.32 Å². The smallest absolute Gasteiger partial charge is 0.264 e. The van der Waals surface area contributed by atoms with Crippen LogP contribution in [0.4, 0.5) is 14.5 Å². The SMILES string of the molecule is CCC[C@H]1N(C(=O)c2c(F)cccc2F)c2ccc(C(C)C)cc2C12CCNCC2. The molecule has 1 atom stereocenters. The monoisotopic (exact) mass is 412 g/mol. The van der Waals surface area contributed by atoms with E-state index in [1.54, 1.807) is 4.90 Å². The molecule has 0 saturated carbocycles. The second-order valence-corrected chi connectivity index (χ2v) is 8.91. The molecule has 1 spiro atoms. The van der Waals surface area contributed by atoms with Gasteiger partial charge in [0.05, 0.1) is 0 Å². The molecular weight excluding hydrogens is 382 g/mol. The summed E-state index contributed by atoms with van der Waals surface area (Å²) in [6.07, 6.45) is 3.52. The Balaban J connectivity index is 1.91. The molecule has 1 amide bonds. The summed E-state index contributed by atoms with van der Waals surface area (Å²) < 4.78 is 29.1. The maximum Gasteiger partial charge on any atom is 0.264 e. The predicted molar refractivity (Wildman–Crippen MR) is 116 cm³/mol. The normalized spacial score (nSPS) is 20.1. The first kappa shape index (κ1) is 21.0. The van der Waals surface area contributed by atoms with Crippen molar-refractivity contribution in [1.29, 1.82) is 0 Å². The number of carbonyl (C=O) groups excluding carboxylic acids is 1. The van der Waals surface area contributed by atoms with E-state index in [1.165, 1.54) is 17.2 Å². The van der Waals surface area contributed by atoms with E-state index in [9.17, 15) is 13.6 Å². The summed E-state index contributed by atoms with van der Waals surface area (Å²) in [4.78, 5) is 15.3. The summed E-state index contributed by atoms with van der Waals surface area (Å²) >= 11 is 0. The molecule has 2 aliphatic heterocycles. The van der Waals surface area contributed by atoms with E-state index in [-0.39, 0.29) is 11.5 Å². The molecule has 160 valence electrons. The Morgan fingerprint density at radius 2 is 1.83 bits per heavy atom. The number of nitrogens with one attached hydrogen (secondary N) is 1. The van der Waals surface area contributed by atoms with Gasteiger partial charge >= 0.3 is 0 Å². The number of piperidine rings is 1. The Morgan fingerprint density at radius 3 is 2.43 bits per heavy atom. The Bertz CT molecular complexity index is 930. The minimum absolute atomic E-state index is 0.103. The largest absolute Gasteiger partial charge is 0.317 e. The van der Waals surface area contributed by atoms with Gasteiger partial charge in [0, 0.05) is 17.1 Å². The third-order valence-corrected chi connectivity index (χ3v) is 6.89. The van der Waals surface area contributed by atoms with Crippen LogP contribution in [0.1, 0.15) is 73.9 Å². The number of nitrogens with zero attached hydrogens (tertiary/aromatic N) is 1. The van der Waals surface area contributed by atoms with Gasteiger partial charge in [0.1, 0.15) is 17.2 Å². The number of anilines is 1. The van der Waals surface area contributed by atoms with Crippen LogP contribution < -0.4 is 10.2 Å². The van der Waals surface area contributed by atoms with Gasteiger partial charge in [-0.15, -0.1) is 0 Å². The van der Waals surface area contributed by atoms with Crippen LogP contribution in [0.3, 0.4) is 0 Å². The molecule has 1 fully saturated rings. The molecule has 1 N–H and O–H groups in total.